The summed E-state index contributed by atoms with van der Waals surface area (Å²) >= 11 is 0. The number of hydrogen-bond acceptors (Lipinski definition) is 4. The molecule has 1 N–H and O–H groups in total. The number of alkyl halides is 1. The van der Waals surface area contributed by atoms with E-state index in [9.17, 15) is 22.2 Å². The van der Waals surface area contributed by atoms with Crippen LogP contribution in [0.15, 0.2) is 29.1 Å². The van der Waals surface area contributed by atoms with Crippen molar-refractivity contribution >= 4 is 21.3 Å². The molecular weight excluding hydrogens is 315 g/mol. The van der Waals surface area contributed by atoms with Crippen LogP contribution in [0.1, 0.15) is 12.8 Å². The Morgan fingerprint density at radius 1 is 1.23 bits per heavy atom. The molecule has 1 aromatic heterocycles. The fraction of sp³-hybridized carbons (Fsp3) is 0.462. The van der Waals surface area contributed by atoms with Crippen LogP contribution in [0, 0.1) is 0 Å². The Labute approximate surface area is 125 Å². The Kier molecular flexibility index (Phi) is 3.58. The molecule has 0 bridgehead atoms. The van der Waals surface area contributed by atoms with Crippen LogP contribution in [-0.2, 0) is 21.6 Å². The van der Waals surface area contributed by atoms with Crippen molar-refractivity contribution in [2.75, 3.05) is 13.2 Å². The van der Waals surface area contributed by atoms with E-state index in [1.54, 1.807) is 6.07 Å². The number of benzene rings is 1. The van der Waals surface area contributed by atoms with Crippen LogP contribution in [0.25, 0.3) is 11.0 Å². The van der Waals surface area contributed by atoms with Crippen molar-refractivity contribution in [1.29, 1.82) is 0 Å². The first-order chi connectivity index (χ1) is 10.3. The van der Waals surface area contributed by atoms with E-state index in [1.807, 2.05) is 0 Å². The lowest BCUT2D eigenvalue weighted by Gasteiger charge is -2.29. The summed E-state index contributed by atoms with van der Waals surface area (Å²) in [5.74, 6) is 0. The van der Waals surface area contributed by atoms with Gasteiger partial charge in [-0.15, -0.1) is 0 Å². The van der Waals surface area contributed by atoms with Gasteiger partial charge in [0.1, 0.15) is 5.67 Å². The number of aromatic nitrogens is 2. The molecule has 22 heavy (non-hydrogen) atoms. The molecule has 0 saturated carbocycles. The molecular formula is C13H15FN2O5S. The first kappa shape index (κ1) is 15.2. The smallest absolute Gasteiger partial charge is 0.368 e. The average Bonchev–Trinajstić information content (AvgIpc) is 2.72. The monoisotopic (exact) mass is 330 g/mol. The third-order valence-corrected chi connectivity index (χ3v) is 4.67. The molecule has 3 rings (SSSR count). The lowest BCUT2D eigenvalue weighted by atomic mass is 9.96. The van der Waals surface area contributed by atoms with Gasteiger partial charge in [-0.3, -0.25) is 9.12 Å². The van der Waals surface area contributed by atoms with Gasteiger partial charge >= 0.3 is 16.0 Å². The van der Waals surface area contributed by atoms with Gasteiger partial charge in [-0.05, 0) is 12.1 Å². The van der Waals surface area contributed by atoms with E-state index in [1.165, 1.54) is 18.2 Å². The third-order valence-electron chi connectivity index (χ3n) is 3.86. The van der Waals surface area contributed by atoms with Gasteiger partial charge in [-0.2, -0.15) is 12.4 Å². The number of nitrogens with zero attached hydrogens (tertiary/aromatic N) is 2. The highest BCUT2D eigenvalue weighted by Gasteiger charge is 2.35. The van der Waals surface area contributed by atoms with Crippen LogP contribution >= 0.6 is 0 Å². The predicted molar refractivity (Wildman–Crippen MR) is 77.0 cm³/mol. The Bertz CT molecular complexity index is 864. The molecule has 0 radical (unpaired) electrons. The molecule has 1 aliphatic rings. The van der Waals surface area contributed by atoms with E-state index < -0.39 is 21.7 Å². The normalized spacial score (nSPS) is 18.6. The third kappa shape index (κ3) is 2.55. The summed E-state index contributed by atoms with van der Waals surface area (Å²) in [6.07, 6.45) is 0.260. The summed E-state index contributed by atoms with van der Waals surface area (Å²) in [5.41, 5.74) is -2.34. The second-order valence-electron chi connectivity index (χ2n) is 5.36. The molecule has 9 heteroatoms. The highest BCUT2D eigenvalue weighted by molar-refractivity contribution is 7.84. The van der Waals surface area contributed by atoms with E-state index in [0.29, 0.717) is 0 Å². The van der Waals surface area contributed by atoms with Crippen LogP contribution < -0.4 is 5.69 Å². The van der Waals surface area contributed by atoms with Crippen molar-refractivity contribution in [3.05, 3.63) is 34.7 Å². The number of halogens is 1. The zero-order valence-corrected chi connectivity index (χ0v) is 12.4. The van der Waals surface area contributed by atoms with Gasteiger partial charge in [-0.25, -0.2) is 9.18 Å². The van der Waals surface area contributed by atoms with Gasteiger partial charge in [0.05, 0.1) is 17.6 Å². The Morgan fingerprint density at radius 3 is 2.41 bits per heavy atom. The maximum absolute atomic E-state index is 14.8. The van der Waals surface area contributed by atoms with Crippen molar-refractivity contribution in [1.82, 2.24) is 8.54 Å². The molecule has 1 aromatic carbocycles. The number of rotatable bonds is 3. The minimum absolute atomic E-state index is 0.0191. The molecule has 7 nitrogen and oxygen atoms in total. The fourth-order valence-corrected chi connectivity index (χ4v) is 3.43. The van der Waals surface area contributed by atoms with Crippen molar-refractivity contribution in [2.45, 2.75) is 25.1 Å². The Balaban J connectivity index is 2.18. The van der Waals surface area contributed by atoms with Gasteiger partial charge in [0.2, 0.25) is 0 Å². The lowest BCUT2D eigenvalue weighted by Crippen LogP contribution is -2.40. The number of para-hydroxylation sites is 2. The summed E-state index contributed by atoms with van der Waals surface area (Å²) < 4.78 is 53.4. The summed E-state index contributed by atoms with van der Waals surface area (Å²) in [6, 6.07) is 6.05. The largest absolute Gasteiger partial charge is 0.381 e. The molecule has 2 aromatic rings. The van der Waals surface area contributed by atoms with E-state index in [4.69, 9.17) is 4.74 Å². The number of imidazole rings is 1. The van der Waals surface area contributed by atoms with Gasteiger partial charge in [0.25, 0.3) is 0 Å². The van der Waals surface area contributed by atoms with Gasteiger partial charge in [0.15, 0.2) is 0 Å². The van der Waals surface area contributed by atoms with Crippen LogP contribution in [0.3, 0.4) is 0 Å². The van der Waals surface area contributed by atoms with E-state index in [0.717, 1.165) is 4.57 Å². The SMILES string of the molecule is O=c1n(CC2(F)CCOCC2)c2ccccc2n1S(=O)(=O)O. The molecule has 1 fully saturated rings. The molecule has 1 saturated heterocycles. The first-order valence-corrected chi connectivity index (χ1v) is 8.16. The highest BCUT2D eigenvalue weighted by Crippen LogP contribution is 2.28. The second kappa shape index (κ2) is 5.18. The molecule has 1 aliphatic heterocycles. The number of fused-ring (bicyclic) bond motifs is 1. The predicted octanol–water partition coefficient (Wildman–Crippen LogP) is 0.973. The summed E-state index contributed by atoms with van der Waals surface area (Å²) in [4.78, 5) is 12.3. The van der Waals surface area contributed by atoms with Crippen molar-refractivity contribution in [2.24, 2.45) is 0 Å². The summed E-state index contributed by atoms with van der Waals surface area (Å²) in [5, 5.41) is 0. The van der Waals surface area contributed by atoms with Crippen LogP contribution in [0.2, 0.25) is 0 Å². The van der Waals surface area contributed by atoms with Gasteiger partial charge in [0, 0.05) is 26.1 Å². The summed E-state index contributed by atoms with van der Waals surface area (Å²) in [7, 11) is -4.76. The lowest BCUT2D eigenvalue weighted by molar-refractivity contribution is -0.0176. The van der Waals surface area contributed by atoms with Crippen LogP contribution in [0.5, 0.6) is 0 Å². The van der Waals surface area contributed by atoms with Crippen molar-refractivity contribution < 1.29 is 22.1 Å². The van der Waals surface area contributed by atoms with Gasteiger partial charge < -0.3 is 4.74 Å². The van der Waals surface area contributed by atoms with Crippen molar-refractivity contribution in [3.63, 3.8) is 0 Å². The minimum Gasteiger partial charge on any atom is -0.381 e. The van der Waals surface area contributed by atoms with E-state index in [2.05, 4.69) is 0 Å². The molecule has 0 spiro atoms. The number of ether oxygens (including phenoxy) is 1. The maximum atomic E-state index is 14.8. The molecule has 0 amide bonds. The zero-order valence-electron chi connectivity index (χ0n) is 11.6. The average molecular weight is 330 g/mol. The molecule has 0 unspecified atom stereocenters. The quantitative estimate of drug-likeness (QED) is 0.847. The molecule has 0 aliphatic carbocycles. The number of hydrogen-bond donors (Lipinski definition) is 1. The van der Waals surface area contributed by atoms with E-state index >= 15 is 0 Å². The fourth-order valence-electron chi connectivity index (χ4n) is 2.73. The first-order valence-electron chi connectivity index (χ1n) is 6.77. The Hall–Kier alpha value is -1.71. The van der Waals surface area contributed by atoms with Gasteiger partial charge in [-0.1, -0.05) is 12.1 Å². The summed E-state index contributed by atoms with van der Waals surface area (Å²) in [6.45, 7) is 0.225. The second-order valence-corrected chi connectivity index (χ2v) is 6.62. The zero-order chi connectivity index (χ0) is 16.0. The van der Waals surface area contributed by atoms with E-state index in [-0.39, 0.29) is 47.6 Å². The topological polar surface area (TPSA) is 90.5 Å². The minimum atomic E-state index is -4.76. The van der Waals surface area contributed by atoms with Crippen LogP contribution in [0.4, 0.5) is 4.39 Å². The molecule has 2 heterocycles. The van der Waals surface area contributed by atoms with Crippen molar-refractivity contribution in [3.8, 4) is 0 Å². The highest BCUT2D eigenvalue weighted by atomic mass is 32.2. The molecule has 120 valence electrons. The molecule has 0 atom stereocenters. The Morgan fingerprint density at radius 2 is 1.82 bits per heavy atom. The standard InChI is InChI=1S/C13H15FN2O5S/c14-13(5-7-21-8-6-13)9-15-10-3-1-2-4-11(10)16(12(15)17)22(18,19)20/h1-4H,5-9H2,(H,18,19,20). The van der Waals surface area contributed by atoms with Crippen LogP contribution in [-0.4, -0.2) is 40.4 Å². The maximum Gasteiger partial charge on any atom is 0.368 e.